The van der Waals surface area contributed by atoms with Crippen LogP contribution in [-0.4, -0.2) is 36.9 Å². The number of hydrogen-bond acceptors (Lipinski definition) is 6. The molecule has 0 aliphatic rings. The van der Waals surface area contributed by atoms with E-state index in [9.17, 15) is 19.7 Å². The van der Waals surface area contributed by atoms with Crippen LogP contribution in [0, 0.1) is 10.1 Å². The van der Waals surface area contributed by atoms with Crippen molar-refractivity contribution in [3.8, 4) is 0 Å². The lowest BCUT2D eigenvalue weighted by molar-refractivity contribution is -0.384. The van der Waals surface area contributed by atoms with Crippen LogP contribution >= 0.6 is 11.8 Å². The van der Waals surface area contributed by atoms with Gasteiger partial charge in [-0.2, -0.15) is 5.10 Å². The van der Waals surface area contributed by atoms with Crippen LogP contribution < -0.4 is 5.32 Å². The molecule has 10 heteroatoms. The van der Waals surface area contributed by atoms with E-state index >= 15 is 0 Å². The molecule has 0 bridgehead atoms. The largest absolute Gasteiger partial charge is 0.480 e. The molecule has 0 aliphatic heterocycles. The number of carbonyl (C=O) groups is 2. The predicted octanol–water partition coefficient (Wildman–Crippen LogP) is 2.63. The van der Waals surface area contributed by atoms with Gasteiger partial charge >= 0.3 is 5.97 Å². The molecule has 9 nitrogen and oxygen atoms in total. The number of carboxylic acids is 1. The maximum atomic E-state index is 12.5. The molecule has 0 fully saturated rings. The average Bonchev–Trinajstić information content (AvgIpc) is 2.92. The number of benzene rings is 1. The molecule has 0 unspecified atom stereocenters. The number of aliphatic carboxylic acids is 1. The Bertz CT molecular complexity index is 818. The Balaban J connectivity index is 2.26. The molecule has 1 amide bonds. The van der Waals surface area contributed by atoms with Crippen molar-refractivity contribution in [1.29, 1.82) is 0 Å². The fraction of sp³-hybridized carbons (Fsp3) is 0.267. The smallest absolute Gasteiger partial charge is 0.325 e. The summed E-state index contributed by atoms with van der Waals surface area (Å²) >= 11 is 1.41. The second-order valence-corrected chi connectivity index (χ2v) is 6.97. The second kappa shape index (κ2) is 7.79. The molecular weight excluding hydrogens is 348 g/mol. The number of amides is 1. The lowest BCUT2D eigenvalue weighted by Crippen LogP contribution is -2.15. The van der Waals surface area contributed by atoms with Crippen LogP contribution in [0.15, 0.2) is 35.4 Å². The summed E-state index contributed by atoms with van der Waals surface area (Å²) in [5.74, 6) is -1.44. The number of non-ortho nitro benzene ring substituents is 1. The summed E-state index contributed by atoms with van der Waals surface area (Å²) in [7, 11) is 0. The van der Waals surface area contributed by atoms with Gasteiger partial charge in [-0.1, -0.05) is 13.8 Å². The highest BCUT2D eigenvalue weighted by Gasteiger charge is 2.19. The van der Waals surface area contributed by atoms with E-state index in [0.29, 0.717) is 4.90 Å². The number of carboxylic acid groups (broad SMARTS) is 1. The fourth-order valence-corrected chi connectivity index (χ4v) is 2.94. The molecule has 2 N–H and O–H groups in total. The topological polar surface area (TPSA) is 127 Å². The molecule has 25 heavy (non-hydrogen) atoms. The Morgan fingerprint density at radius 1 is 1.40 bits per heavy atom. The fourth-order valence-electron chi connectivity index (χ4n) is 2.00. The Hall–Kier alpha value is -2.88. The number of hydrogen-bond donors (Lipinski definition) is 2. The van der Waals surface area contributed by atoms with Crippen LogP contribution in [-0.2, 0) is 11.3 Å². The van der Waals surface area contributed by atoms with Crippen molar-refractivity contribution in [3.63, 3.8) is 0 Å². The number of anilines is 1. The molecule has 0 aliphatic carbocycles. The number of nitrogens with one attached hydrogen (secondary N) is 1. The van der Waals surface area contributed by atoms with Crippen LogP contribution in [0.2, 0.25) is 0 Å². The summed E-state index contributed by atoms with van der Waals surface area (Å²) in [5, 5.41) is 26.3. The van der Waals surface area contributed by atoms with Gasteiger partial charge in [-0.15, -0.1) is 11.8 Å². The zero-order valence-corrected chi connectivity index (χ0v) is 14.3. The number of nitro benzene ring substituents is 1. The van der Waals surface area contributed by atoms with E-state index in [2.05, 4.69) is 10.4 Å². The Kier molecular flexibility index (Phi) is 5.75. The first kappa shape index (κ1) is 18.5. The van der Waals surface area contributed by atoms with E-state index in [1.54, 1.807) is 6.07 Å². The number of rotatable bonds is 7. The number of carbonyl (C=O) groups excluding carboxylic acids is 1. The lowest BCUT2D eigenvalue weighted by atomic mass is 10.2. The van der Waals surface area contributed by atoms with Gasteiger partial charge in [-0.05, 0) is 6.07 Å². The van der Waals surface area contributed by atoms with Crippen LogP contribution in [0.25, 0.3) is 0 Å². The third kappa shape index (κ3) is 5.05. The Morgan fingerprint density at radius 3 is 2.72 bits per heavy atom. The third-order valence-corrected chi connectivity index (χ3v) is 4.04. The van der Waals surface area contributed by atoms with Gasteiger partial charge in [0.25, 0.3) is 11.6 Å². The SMILES string of the molecule is CC(C)Sc1ccc([N+](=O)[O-])cc1C(=O)Nc1ccn(CC(=O)O)n1. The van der Waals surface area contributed by atoms with E-state index < -0.39 is 16.8 Å². The molecule has 0 saturated carbocycles. The van der Waals surface area contributed by atoms with Gasteiger partial charge in [0, 0.05) is 34.5 Å². The van der Waals surface area contributed by atoms with Crippen molar-refractivity contribution < 1.29 is 19.6 Å². The molecule has 2 aromatic rings. The first-order valence-electron chi connectivity index (χ1n) is 7.28. The van der Waals surface area contributed by atoms with Crippen LogP contribution in [0.3, 0.4) is 0 Å². The highest BCUT2D eigenvalue weighted by atomic mass is 32.2. The van der Waals surface area contributed by atoms with Crippen LogP contribution in [0.4, 0.5) is 11.5 Å². The van der Waals surface area contributed by atoms with Gasteiger partial charge in [-0.3, -0.25) is 24.4 Å². The average molecular weight is 364 g/mol. The minimum atomic E-state index is -1.06. The molecule has 0 atom stereocenters. The number of aromatic nitrogens is 2. The van der Waals surface area contributed by atoms with Crippen LogP contribution in [0.5, 0.6) is 0 Å². The highest BCUT2D eigenvalue weighted by Crippen LogP contribution is 2.30. The maximum Gasteiger partial charge on any atom is 0.325 e. The summed E-state index contributed by atoms with van der Waals surface area (Å²) in [4.78, 5) is 34.2. The Morgan fingerprint density at radius 2 is 2.12 bits per heavy atom. The molecule has 0 radical (unpaired) electrons. The molecule has 1 heterocycles. The zero-order valence-electron chi connectivity index (χ0n) is 13.5. The first-order valence-corrected chi connectivity index (χ1v) is 8.16. The van der Waals surface area contributed by atoms with E-state index in [-0.39, 0.29) is 28.9 Å². The van der Waals surface area contributed by atoms with E-state index in [4.69, 9.17) is 5.11 Å². The van der Waals surface area contributed by atoms with Crippen molar-refractivity contribution in [2.24, 2.45) is 0 Å². The standard InChI is InChI=1S/C15H16N4O5S/c1-9(2)25-12-4-3-10(19(23)24)7-11(12)15(22)16-13-5-6-18(17-13)8-14(20)21/h3-7,9H,8H2,1-2H3,(H,20,21)(H,16,17,22). The van der Waals surface area contributed by atoms with Crippen molar-refractivity contribution in [1.82, 2.24) is 9.78 Å². The lowest BCUT2D eigenvalue weighted by Gasteiger charge is -2.10. The van der Waals surface area contributed by atoms with Crippen molar-refractivity contribution >= 4 is 35.1 Å². The van der Waals surface area contributed by atoms with Gasteiger partial charge in [0.15, 0.2) is 5.82 Å². The molecule has 1 aromatic heterocycles. The van der Waals surface area contributed by atoms with E-state index in [1.807, 2.05) is 13.8 Å². The molecule has 132 valence electrons. The zero-order chi connectivity index (χ0) is 18.6. The number of thioether (sulfide) groups is 1. The minimum absolute atomic E-state index is 0.165. The van der Waals surface area contributed by atoms with Crippen LogP contribution in [0.1, 0.15) is 24.2 Å². The third-order valence-electron chi connectivity index (χ3n) is 2.96. The van der Waals surface area contributed by atoms with Gasteiger partial charge in [-0.25, -0.2) is 0 Å². The second-order valence-electron chi connectivity index (χ2n) is 5.35. The molecule has 0 spiro atoms. The van der Waals surface area contributed by atoms with Gasteiger partial charge in [0.2, 0.25) is 0 Å². The van der Waals surface area contributed by atoms with Crippen molar-refractivity contribution in [2.45, 2.75) is 30.5 Å². The summed E-state index contributed by atoms with van der Waals surface area (Å²) in [6, 6.07) is 5.56. The quantitative estimate of drug-likeness (QED) is 0.439. The maximum absolute atomic E-state index is 12.5. The van der Waals surface area contributed by atoms with Crippen molar-refractivity contribution in [3.05, 3.63) is 46.1 Å². The number of nitro groups is 1. The normalized spacial score (nSPS) is 10.7. The first-order chi connectivity index (χ1) is 11.8. The Labute approximate surface area is 147 Å². The number of nitrogens with zero attached hydrogens (tertiary/aromatic N) is 3. The summed E-state index contributed by atoms with van der Waals surface area (Å²) in [6.07, 6.45) is 1.42. The van der Waals surface area contributed by atoms with Gasteiger partial charge in [0.1, 0.15) is 6.54 Å². The molecule has 1 aromatic carbocycles. The minimum Gasteiger partial charge on any atom is -0.480 e. The summed E-state index contributed by atoms with van der Waals surface area (Å²) in [6.45, 7) is 3.56. The van der Waals surface area contributed by atoms with Gasteiger partial charge < -0.3 is 10.4 Å². The predicted molar refractivity (Wildman–Crippen MR) is 91.9 cm³/mol. The monoisotopic (exact) mass is 364 g/mol. The van der Waals surface area contributed by atoms with E-state index in [1.165, 1.54) is 36.2 Å². The summed E-state index contributed by atoms with van der Waals surface area (Å²) < 4.78 is 1.16. The molecule has 2 rings (SSSR count). The van der Waals surface area contributed by atoms with Gasteiger partial charge in [0.05, 0.1) is 10.5 Å². The summed E-state index contributed by atoms with van der Waals surface area (Å²) in [5.41, 5.74) is -0.0182. The van der Waals surface area contributed by atoms with Crippen molar-refractivity contribution in [2.75, 3.05) is 5.32 Å². The molecule has 0 saturated heterocycles. The van der Waals surface area contributed by atoms with E-state index in [0.717, 1.165) is 4.68 Å². The molecular formula is C15H16N4O5S. The highest BCUT2D eigenvalue weighted by molar-refractivity contribution is 8.00.